The Kier molecular flexibility index (Phi) is 5.53. The van der Waals surface area contributed by atoms with Crippen LogP contribution >= 0.6 is 0 Å². The van der Waals surface area contributed by atoms with Gasteiger partial charge in [0.2, 0.25) is 5.91 Å². The average Bonchev–Trinajstić information content (AvgIpc) is 2.85. The maximum Gasteiger partial charge on any atom is 0.325 e. The summed E-state index contributed by atoms with van der Waals surface area (Å²) < 4.78 is 0. The number of imide groups is 1. The highest BCUT2D eigenvalue weighted by Crippen LogP contribution is 2.39. The van der Waals surface area contributed by atoms with Crippen molar-refractivity contribution in [1.82, 2.24) is 15.5 Å². The van der Waals surface area contributed by atoms with Crippen LogP contribution in [-0.2, 0) is 21.5 Å². The molecule has 1 aliphatic heterocycles. The molecule has 2 aliphatic rings. The van der Waals surface area contributed by atoms with E-state index in [2.05, 4.69) is 24.5 Å². The van der Waals surface area contributed by atoms with Gasteiger partial charge in [-0.1, -0.05) is 38.1 Å². The van der Waals surface area contributed by atoms with Crippen LogP contribution < -0.4 is 10.6 Å². The molecule has 4 amide bonds. The molecule has 2 N–H and O–H groups in total. The minimum absolute atomic E-state index is 0.0185. The first-order valence-electron chi connectivity index (χ1n) is 9.85. The molecule has 0 saturated carbocycles. The standard InChI is InChI=1S/C21H29N3O3/c1-14(2)10-11-15(3)22-18(25)13-24-19(26)21(23-20(24)27)12-6-8-16-7-4-5-9-17(16)21/h4-5,7,9,14-15H,6,8,10-13H2,1-3H3,(H,22,25)(H,23,27)/t15-,21-/m0/s1. The predicted molar refractivity (Wildman–Crippen MR) is 103 cm³/mol. The van der Waals surface area contributed by atoms with Gasteiger partial charge in [0, 0.05) is 6.04 Å². The first kappa shape index (κ1) is 19.4. The Bertz CT molecular complexity index is 746. The molecule has 1 spiro atoms. The van der Waals surface area contributed by atoms with Gasteiger partial charge in [-0.25, -0.2) is 4.79 Å². The van der Waals surface area contributed by atoms with Gasteiger partial charge < -0.3 is 10.6 Å². The van der Waals surface area contributed by atoms with E-state index in [1.807, 2.05) is 31.2 Å². The van der Waals surface area contributed by atoms with Gasteiger partial charge in [0.25, 0.3) is 5.91 Å². The minimum Gasteiger partial charge on any atom is -0.352 e. The second-order valence-electron chi connectivity index (χ2n) is 8.18. The van der Waals surface area contributed by atoms with Gasteiger partial charge in [-0.05, 0) is 56.1 Å². The summed E-state index contributed by atoms with van der Waals surface area (Å²) in [7, 11) is 0. The number of aryl methyl sites for hydroxylation is 1. The van der Waals surface area contributed by atoms with Crippen LogP contribution in [0.2, 0.25) is 0 Å². The molecule has 1 aliphatic carbocycles. The van der Waals surface area contributed by atoms with Gasteiger partial charge in [0.15, 0.2) is 0 Å². The Balaban J connectivity index is 1.70. The van der Waals surface area contributed by atoms with Crippen LogP contribution in [0.5, 0.6) is 0 Å². The van der Waals surface area contributed by atoms with Crippen molar-refractivity contribution >= 4 is 17.8 Å². The molecule has 6 heteroatoms. The summed E-state index contributed by atoms with van der Waals surface area (Å²) in [5.41, 5.74) is 0.934. The molecule has 2 atom stereocenters. The third-order valence-electron chi connectivity index (χ3n) is 5.54. The number of amides is 4. The molecule has 1 fully saturated rings. The maximum absolute atomic E-state index is 13.2. The zero-order valence-electron chi connectivity index (χ0n) is 16.4. The lowest BCUT2D eigenvalue weighted by atomic mass is 9.76. The maximum atomic E-state index is 13.2. The number of benzene rings is 1. The lowest BCUT2D eigenvalue weighted by molar-refractivity contribution is -0.135. The van der Waals surface area contributed by atoms with Crippen molar-refractivity contribution in [2.24, 2.45) is 5.92 Å². The highest BCUT2D eigenvalue weighted by atomic mass is 16.2. The Morgan fingerprint density at radius 3 is 2.70 bits per heavy atom. The molecule has 3 rings (SSSR count). The number of nitrogens with one attached hydrogen (secondary N) is 2. The molecule has 0 aromatic heterocycles. The first-order chi connectivity index (χ1) is 12.8. The summed E-state index contributed by atoms with van der Waals surface area (Å²) in [5.74, 6) is -0.0398. The lowest BCUT2D eigenvalue weighted by Crippen LogP contribution is -2.47. The molecule has 0 radical (unpaired) electrons. The Morgan fingerprint density at radius 1 is 1.22 bits per heavy atom. The fourth-order valence-electron chi connectivity index (χ4n) is 4.07. The number of fused-ring (bicyclic) bond motifs is 2. The highest BCUT2D eigenvalue weighted by Gasteiger charge is 2.54. The van der Waals surface area contributed by atoms with Crippen LogP contribution in [-0.4, -0.2) is 35.3 Å². The number of carbonyl (C=O) groups is 3. The van der Waals surface area contributed by atoms with E-state index in [1.165, 1.54) is 0 Å². The first-order valence-corrected chi connectivity index (χ1v) is 9.85. The fraction of sp³-hybridized carbons (Fsp3) is 0.571. The number of hydrogen-bond donors (Lipinski definition) is 2. The third kappa shape index (κ3) is 3.84. The van der Waals surface area contributed by atoms with Crippen molar-refractivity contribution in [2.75, 3.05) is 6.54 Å². The van der Waals surface area contributed by atoms with E-state index in [0.717, 1.165) is 41.7 Å². The van der Waals surface area contributed by atoms with Crippen molar-refractivity contribution in [2.45, 2.75) is 64.5 Å². The van der Waals surface area contributed by atoms with Gasteiger partial charge >= 0.3 is 6.03 Å². The Labute approximate surface area is 160 Å². The van der Waals surface area contributed by atoms with E-state index in [1.54, 1.807) is 0 Å². The van der Waals surface area contributed by atoms with E-state index in [4.69, 9.17) is 0 Å². The van der Waals surface area contributed by atoms with E-state index in [0.29, 0.717) is 12.3 Å². The molecule has 6 nitrogen and oxygen atoms in total. The summed E-state index contributed by atoms with van der Waals surface area (Å²) in [6.45, 7) is 6.00. The smallest absolute Gasteiger partial charge is 0.325 e. The molecular weight excluding hydrogens is 342 g/mol. The monoisotopic (exact) mass is 371 g/mol. The molecule has 0 bridgehead atoms. The number of carbonyl (C=O) groups excluding carboxylic acids is 3. The molecule has 1 heterocycles. The van der Waals surface area contributed by atoms with Gasteiger partial charge in [-0.2, -0.15) is 0 Å². The largest absolute Gasteiger partial charge is 0.352 e. The average molecular weight is 371 g/mol. The molecule has 1 aromatic carbocycles. The zero-order valence-corrected chi connectivity index (χ0v) is 16.4. The molecular formula is C21H29N3O3. The Morgan fingerprint density at radius 2 is 1.96 bits per heavy atom. The Hall–Kier alpha value is -2.37. The van der Waals surface area contributed by atoms with Crippen molar-refractivity contribution in [1.29, 1.82) is 0 Å². The summed E-state index contributed by atoms with van der Waals surface area (Å²) >= 11 is 0. The molecule has 27 heavy (non-hydrogen) atoms. The van der Waals surface area contributed by atoms with Crippen LogP contribution in [0.25, 0.3) is 0 Å². The number of hydrogen-bond acceptors (Lipinski definition) is 3. The van der Waals surface area contributed by atoms with Crippen LogP contribution in [0.1, 0.15) is 57.6 Å². The third-order valence-corrected chi connectivity index (χ3v) is 5.54. The lowest BCUT2D eigenvalue weighted by Gasteiger charge is -2.33. The van der Waals surface area contributed by atoms with Crippen LogP contribution in [0.3, 0.4) is 0 Å². The number of rotatable bonds is 6. The molecule has 1 saturated heterocycles. The highest BCUT2D eigenvalue weighted by molar-refractivity contribution is 6.09. The van der Waals surface area contributed by atoms with Crippen molar-refractivity contribution in [3.05, 3.63) is 35.4 Å². The summed E-state index contributed by atoms with van der Waals surface area (Å²) in [6, 6.07) is 7.28. The minimum atomic E-state index is -1.02. The molecule has 146 valence electrons. The SMILES string of the molecule is CC(C)CC[C@H](C)NC(=O)CN1C(=O)N[C@]2(CCCc3ccccc32)C1=O. The van der Waals surface area contributed by atoms with Gasteiger partial charge in [-0.3, -0.25) is 14.5 Å². The van der Waals surface area contributed by atoms with E-state index in [-0.39, 0.29) is 24.4 Å². The topological polar surface area (TPSA) is 78.5 Å². The number of nitrogens with zero attached hydrogens (tertiary/aromatic N) is 1. The normalized spacial score (nSPS) is 22.7. The van der Waals surface area contributed by atoms with Gasteiger partial charge in [0.05, 0.1) is 0 Å². The van der Waals surface area contributed by atoms with Crippen LogP contribution in [0.15, 0.2) is 24.3 Å². The van der Waals surface area contributed by atoms with Gasteiger partial charge in [0.1, 0.15) is 12.1 Å². The number of urea groups is 1. The quantitative estimate of drug-likeness (QED) is 0.755. The predicted octanol–water partition coefficient (Wildman–Crippen LogP) is 2.71. The van der Waals surface area contributed by atoms with Crippen molar-refractivity contribution in [3.63, 3.8) is 0 Å². The van der Waals surface area contributed by atoms with Gasteiger partial charge in [-0.15, -0.1) is 0 Å². The van der Waals surface area contributed by atoms with Crippen LogP contribution in [0, 0.1) is 5.92 Å². The molecule has 1 aromatic rings. The summed E-state index contributed by atoms with van der Waals surface area (Å²) in [4.78, 5) is 39.1. The van der Waals surface area contributed by atoms with Crippen LogP contribution in [0.4, 0.5) is 4.79 Å². The van der Waals surface area contributed by atoms with E-state index >= 15 is 0 Å². The van der Waals surface area contributed by atoms with Crippen molar-refractivity contribution in [3.8, 4) is 0 Å². The summed E-state index contributed by atoms with van der Waals surface area (Å²) in [6.07, 6.45) is 4.19. The zero-order chi connectivity index (χ0) is 19.6. The molecule has 0 unspecified atom stereocenters. The second kappa shape index (κ2) is 7.71. The summed E-state index contributed by atoms with van der Waals surface area (Å²) in [5, 5.41) is 5.78. The van der Waals surface area contributed by atoms with Crippen molar-refractivity contribution < 1.29 is 14.4 Å². The van der Waals surface area contributed by atoms with E-state index in [9.17, 15) is 14.4 Å². The van der Waals surface area contributed by atoms with E-state index < -0.39 is 11.6 Å². The second-order valence-corrected chi connectivity index (χ2v) is 8.18. The fourth-order valence-corrected chi connectivity index (χ4v) is 4.07.